The molecule has 214 valence electrons. The molecule has 1 amide bonds. The van der Waals surface area contributed by atoms with Crippen molar-refractivity contribution in [3.8, 4) is 22.4 Å². The minimum atomic E-state index is -0.642. The smallest absolute Gasteiger partial charge is 0.449 e. The standard InChI is InChI=1S/C33H33BN2O5S/c1-32(2)33(3,4)41-34(40-32)23(17-21-13-15-22(16-14-21)29-20-42-31(38)36-29)18-35-30(37)39-19-28-26-11-7-5-9-24(26)25-10-6-8-12-27(25)28/h5-17,20,28H,18-19H2,1-4H3,(H,35,37)(H,36,38). The van der Waals surface area contributed by atoms with Crippen LogP contribution in [0.3, 0.4) is 0 Å². The van der Waals surface area contributed by atoms with Crippen LogP contribution in [0.4, 0.5) is 4.79 Å². The number of carbonyl (C=O) groups is 1. The molecule has 0 radical (unpaired) electrons. The number of rotatable bonds is 7. The quantitative estimate of drug-likeness (QED) is 0.239. The van der Waals surface area contributed by atoms with Gasteiger partial charge in [0.2, 0.25) is 0 Å². The average Bonchev–Trinajstić information content (AvgIpc) is 3.61. The summed E-state index contributed by atoms with van der Waals surface area (Å²) in [5, 5.41) is 4.73. The van der Waals surface area contributed by atoms with Gasteiger partial charge in [0.25, 0.3) is 0 Å². The summed E-state index contributed by atoms with van der Waals surface area (Å²) < 4.78 is 18.4. The predicted octanol–water partition coefficient (Wildman–Crippen LogP) is 6.66. The highest BCUT2D eigenvalue weighted by molar-refractivity contribution is 7.07. The van der Waals surface area contributed by atoms with Gasteiger partial charge in [0.05, 0.1) is 16.9 Å². The largest absolute Gasteiger partial charge is 0.492 e. The highest BCUT2D eigenvalue weighted by atomic mass is 32.1. The summed E-state index contributed by atoms with van der Waals surface area (Å²) in [5.74, 6) is -0.0158. The zero-order valence-corrected chi connectivity index (χ0v) is 24.9. The van der Waals surface area contributed by atoms with Crippen LogP contribution in [-0.2, 0) is 14.0 Å². The fourth-order valence-corrected chi connectivity index (χ4v) is 6.00. The molecule has 2 N–H and O–H groups in total. The minimum absolute atomic E-state index is 0.0158. The molecule has 2 aliphatic rings. The number of fused-ring (bicyclic) bond motifs is 3. The summed E-state index contributed by atoms with van der Waals surface area (Å²) in [6.45, 7) is 8.43. The van der Waals surface area contributed by atoms with Crippen molar-refractivity contribution >= 4 is 30.6 Å². The number of H-pyrrole nitrogens is 1. The summed E-state index contributed by atoms with van der Waals surface area (Å²) in [6, 6.07) is 24.4. The number of ether oxygens (including phenoxy) is 1. The fraction of sp³-hybridized carbons (Fsp3) is 0.273. The van der Waals surface area contributed by atoms with Crippen LogP contribution in [0.25, 0.3) is 28.5 Å². The highest BCUT2D eigenvalue weighted by Gasteiger charge is 2.52. The van der Waals surface area contributed by atoms with Gasteiger partial charge < -0.3 is 24.3 Å². The topological polar surface area (TPSA) is 89.7 Å². The Bertz CT molecular complexity index is 1640. The maximum Gasteiger partial charge on any atom is 0.492 e. The van der Waals surface area contributed by atoms with Gasteiger partial charge in [-0.15, -0.1) is 0 Å². The van der Waals surface area contributed by atoms with E-state index in [9.17, 15) is 9.59 Å². The van der Waals surface area contributed by atoms with Crippen LogP contribution < -0.4 is 10.2 Å². The zero-order chi connectivity index (χ0) is 29.5. The average molecular weight is 581 g/mol. The third kappa shape index (κ3) is 5.47. The molecule has 0 saturated carbocycles. The third-order valence-electron chi connectivity index (χ3n) is 8.43. The molecule has 42 heavy (non-hydrogen) atoms. The van der Waals surface area contributed by atoms with Crippen molar-refractivity contribution in [3.05, 3.63) is 110 Å². The molecular formula is C33H33BN2O5S. The predicted molar refractivity (Wildman–Crippen MR) is 168 cm³/mol. The highest BCUT2D eigenvalue weighted by Crippen LogP contribution is 2.44. The molecule has 0 spiro atoms. The van der Waals surface area contributed by atoms with Crippen LogP contribution >= 0.6 is 11.3 Å². The molecule has 1 saturated heterocycles. The number of thiazole rings is 1. The summed E-state index contributed by atoms with van der Waals surface area (Å²) in [7, 11) is -0.642. The molecule has 4 aromatic rings. The molecule has 0 unspecified atom stereocenters. The Morgan fingerprint density at radius 3 is 2.12 bits per heavy atom. The van der Waals surface area contributed by atoms with Crippen molar-refractivity contribution in [1.29, 1.82) is 0 Å². The van der Waals surface area contributed by atoms with Gasteiger partial charge in [0, 0.05) is 17.8 Å². The van der Waals surface area contributed by atoms with E-state index < -0.39 is 24.4 Å². The first kappa shape index (κ1) is 28.2. The molecule has 0 atom stereocenters. The number of amides is 1. The van der Waals surface area contributed by atoms with Crippen LogP contribution in [0.5, 0.6) is 0 Å². The number of carbonyl (C=O) groups excluding carboxylic acids is 1. The van der Waals surface area contributed by atoms with E-state index in [1.807, 2.05) is 82.3 Å². The molecule has 9 heteroatoms. The SMILES string of the molecule is CC1(C)OB(C(=Cc2ccc(-c3csc(=O)[nH]3)cc2)CNC(=O)OCC2c3ccccc3-c3ccccc32)OC1(C)C. The first-order valence-corrected chi connectivity index (χ1v) is 14.9. The van der Waals surface area contributed by atoms with Crippen molar-refractivity contribution in [2.24, 2.45) is 0 Å². The number of aromatic nitrogens is 1. The number of hydrogen-bond acceptors (Lipinski definition) is 6. The van der Waals surface area contributed by atoms with E-state index in [2.05, 4.69) is 34.6 Å². The van der Waals surface area contributed by atoms with E-state index in [4.69, 9.17) is 14.0 Å². The summed E-state index contributed by atoms with van der Waals surface area (Å²) >= 11 is 1.14. The number of alkyl carbamates (subject to hydrolysis) is 1. The van der Waals surface area contributed by atoms with Gasteiger partial charge >= 0.3 is 18.1 Å². The summed E-state index contributed by atoms with van der Waals surface area (Å²) in [4.78, 5) is 27.3. The molecule has 7 nitrogen and oxygen atoms in total. The Morgan fingerprint density at radius 1 is 0.952 bits per heavy atom. The monoisotopic (exact) mass is 580 g/mol. The Hall–Kier alpha value is -3.92. The normalized spacial score (nSPS) is 17.1. The van der Waals surface area contributed by atoms with Crippen LogP contribution in [-0.4, -0.2) is 42.5 Å². The van der Waals surface area contributed by atoms with Gasteiger partial charge in [-0.2, -0.15) is 0 Å². The van der Waals surface area contributed by atoms with Crippen LogP contribution in [0.2, 0.25) is 0 Å². The van der Waals surface area contributed by atoms with E-state index in [1.165, 1.54) is 22.3 Å². The van der Waals surface area contributed by atoms with Crippen molar-refractivity contribution in [3.63, 3.8) is 0 Å². The molecule has 3 aromatic carbocycles. The molecule has 1 aliphatic heterocycles. The van der Waals surface area contributed by atoms with Crippen LogP contribution in [0.15, 0.2) is 88.4 Å². The third-order valence-corrected chi connectivity index (χ3v) is 9.10. The summed E-state index contributed by atoms with van der Waals surface area (Å²) in [6.07, 6.45) is 1.46. The second kappa shape index (κ2) is 11.1. The van der Waals surface area contributed by atoms with Crippen LogP contribution in [0.1, 0.15) is 50.3 Å². The first-order chi connectivity index (χ1) is 20.1. The number of benzene rings is 3. The van der Waals surface area contributed by atoms with E-state index in [0.717, 1.165) is 33.6 Å². The van der Waals surface area contributed by atoms with Crippen molar-refractivity contribution in [1.82, 2.24) is 10.3 Å². The Kier molecular flexibility index (Phi) is 7.43. The van der Waals surface area contributed by atoms with E-state index in [1.54, 1.807) is 5.38 Å². The molecule has 1 aromatic heterocycles. The second-order valence-electron chi connectivity index (χ2n) is 11.7. The first-order valence-electron chi connectivity index (χ1n) is 14.0. The Morgan fingerprint density at radius 2 is 1.55 bits per heavy atom. The summed E-state index contributed by atoms with van der Waals surface area (Å²) in [5.41, 5.74) is 7.01. The van der Waals surface area contributed by atoms with Crippen molar-refractivity contribution < 1.29 is 18.8 Å². The van der Waals surface area contributed by atoms with Crippen LogP contribution in [0, 0.1) is 0 Å². The maximum atomic E-state index is 13.0. The van der Waals surface area contributed by atoms with E-state index in [-0.39, 0.29) is 23.9 Å². The Labute approximate surface area is 249 Å². The van der Waals surface area contributed by atoms with Gasteiger partial charge in [0.1, 0.15) is 6.61 Å². The lowest BCUT2D eigenvalue weighted by Gasteiger charge is -2.32. The number of aromatic amines is 1. The maximum absolute atomic E-state index is 13.0. The van der Waals surface area contributed by atoms with Crippen molar-refractivity contribution in [2.45, 2.75) is 44.8 Å². The van der Waals surface area contributed by atoms with Crippen molar-refractivity contribution in [2.75, 3.05) is 13.2 Å². The van der Waals surface area contributed by atoms with Gasteiger partial charge in [0.15, 0.2) is 0 Å². The van der Waals surface area contributed by atoms with Gasteiger partial charge in [-0.05, 0) is 66.5 Å². The molecule has 2 heterocycles. The lowest BCUT2D eigenvalue weighted by molar-refractivity contribution is 0.00578. The molecule has 6 rings (SSSR count). The second-order valence-corrected chi connectivity index (χ2v) is 12.5. The molecule has 1 fully saturated rings. The van der Waals surface area contributed by atoms with Gasteiger partial charge in [-0.1, -0.05) is 90.2 Å². The fourth-order valence-electron chi connectivity index (χ4n) is 5.42. The van der Waals surface area contributed by atoms with Gasteiger partial charge in [-0.3, -0.25) is 4.79 Å². The van der Waals surface area contributed by atoms with E-state index >= 15 is 0 Å². The lowest BCUT2D eigenvalue weighted by Crippen LogP contribution is -2.41. The minimum Gasteiger partial charge on any atom is -0.449 e. The van der Waals surface area contributed by atoms with E-state index in [0.29, 0.717) is 0 Å². The molecule has 0 bridgehead atoms. The molecule has 1 aliphatic carbocycles. The zero-order valence-electron chi connectivity index (χ0n) is 24.1. The number of hydrogen-bond donors (Lipinski definition) is 2. The molecular weight excluding hydrogens is 547 g/mol. The van der Waals surface area contributed by atoms with Gasteiger partial charge in [-0.25, -0.2) is 4.79 Å². The Balaban J connectivity index is 1.17. The lowest BCUT2D eigenvalue weighted by atomic mass is 9.77. The number of nitrogens with one attached hydrogen (secondary N) is 2.